The second-order valence-electron chi connectivity index (χ2n) is 4.15. The predicted molar refractivity (Wildman–Crippen MR) is 70.7 cm³/mol. The molecule has 1 nitrogen and oxygen atoms in total. The zero-order valence-electron chi connectivity index (χ0n) is 10.2. The molecule has 2 radical (unpaired) electrons. The molecule has 0 unspecified atom stereocenters. The van der Waals surface area contributed by atoms with E-state index < -0.39 is 0 Å². The van der Waals surface area contributed by atoms with Crippen LogP contribution in [0.5, 0.6) is 5.75 Å². The Balaban J connectivity index is 2.05. The van der Waals surface area contributed by atoms with Crippen LogP contribution in [-0.2, 0) is 0 Å². The average Bonchev–Trinajstić information content (AvgIpc) is 2.30. The molecule has 0 bridgehead atoms. The van der Waals surface area contributed by atoms with Crippen LogP contribution in [0.2, 0.25) is 0 Å². The Bertz CT molecular complexity index is 286. The molecule has 0 aliphatic heterocycles. The lowest BCUT2D eigenvalue weighted by molar-refractivity contribution is 0.306. The highest BCUT2D eigenvalue weighted by Gasteiger charge is 1.96. The minimum atomic E-state index is 0.730. The van der Waals surface area contributed by atoms with Crippen molar-refractivity contribution >= 4 is 13.3 Å². The molecule has 0 atom stereocenters. The van der Waals surface area contributed by atoms with Gasteiger partial charge in [-0.15, -0.1) is 0 Å². The van der Waals surface area contributed by atoms with E-state index in [0.717, 1.165) is 24.2 Å². The summed E-state index contributed by atoms with van der Waals surface area (Å²) in [4.78, 5) is 0. The Morgan fingerprint density at radius 3 is 2.44 bits per heavy atom. The summed E-state index contributed by atoms with van der Waals surface area (Å²) in [5.74, 6) is 0.816. The van der Waals surface area contributed by atoms with Crippen LogP contribution in [0.3, 0.4) is 0 Å². The maximum absolute atomic E-state index is 5.78. The molecule has 1 aromatic carbocycles. The largest absolute Gasteiger partial charge is 0.494 e. The Hall–Kier alpha value is -0.915. The maximum Gasteiger partial charge on any atom is 0.119 e. The lowest BCUT2D eigenvalue weighted by Gasteiger charge is -2.08. The standard InChI is InChI=1S/C14H21BO/c1-2-3-4-5-6-9-12-16-14-11-8-7-10-13(14)15/h7-8,10-11H,2-6,9,12H2,1H3. The van der Waals surface area contributed by atoms with Crippen molar-refractivity contribution in [1.29, 1.82) is 0 Å². The summed E-state index contributed by atoms with van der Waals surface area (Å²) < 4.78 is 5.62. The van der Waals surface area contributed by atoms with Gasteiger partial charge in [0.25, 0.3) is 0 Å². The van der Waals surface area contributed by atoms with Gasteiger partial charge in [0.05, 0.1) is 6.61 Å². The molecule has 0 saturated carbocycles. The van der Waals surface area contributed by atoms with Crippen LogP contribution in [0.15, 0.2) is 24.3 Å². The van der Waals surface area contributed by atoms with Crippen molar-refractivity contribution in [2.45, 2.75) is 45.4 Å². The van der Waals surface area contributed by atoms with Gasteiger partial charge in [-0.1, -0.05) is 62.7 Å². The zero-order valence-corrected chi connectivity index (χ0v) is 10.2. The predicted octanol–water partition coefficient (Wildman–Crippen LogP) is 3.22. The molecule has 0 aliphatic carbocycles. The van der Waals surface area contributed by atoms with Gasteiger partial charge in [-0.2, -0.15) is 0 Å². The smallest absolute Gasteiger partial charge is 0.119 e. The molecule has 0 aromatic heterocycles. The number of ether oxygens (including phenoxy) is 1. The zero-order chi connectivity index (χ0) is 11.6. The number of hydrogen-bond acceptors (Lipinski definition) is 1. The SMILES string of the molecule is [B]c1ccccc1OCCCCCCCC. The number of hydrogen-bond donors (Lipinski definition) is 0. The molecule has 16 heavy (non-hydrogen) atoms. The van der Waals surface area contributed by atoms with Crippen molar-refractivity contribution in [3.8, 4) is 5.75 Å². The van der Waals surface area contributed by atoms with E-state index in [-0.39, 0.29) is 0 Å². The van der Waals surface area contributed by atoms with Crippen LogP contribution in [0.4, 0.5) is 0 Å². The number of rotatable bonds is 8. The molecule has 0 saturated heterocycles. The van der Waals surface area contributed by atoms with E-state index in [0.29, 0.717) is 0 Å². The molecule has 0 aliphatic rings. The van der Waals surface area contributed by atoms with Crippen LogP contribution < -0.4 is 10.2 Å². The summed E-state index contributed by atoms with van der Waals surface area (Å²) in [7, 11) is 5.78. The summed E-state index contributed by atoms with van der Waals surface area (Å²) in [6.07, 6.45) is 7.71. The van der Waals surface area contributed by atoms with Crippen molar-refractivity contribution in [3.05, 3.63) is 24.3 Å². The monoisotopic (exact) mass is 216 g/mol. The van der Waals surface area contributed by atoms with Crippen molar-refractivity contribution in [1.82, 2.24) is 0 Å². The van der Waals surface area contributed by atoms with Gasteiger partial charge in [0.1, 0.15) is 13.6 Å². The van der Waals surface area contributed by atoms with Gasteiger partial charge in [0.15, 0.2) is 0 Å². The van der Waals surface area contributed by atoms with E-state index in [1.807, 2.05) is 24.3 Å². The second kappa shape index (κ2) is 8.26. The minimum Gasteiger partial charge on any atom is -0.494 e. The molecule has 0 fully saturated rings. The second-order valence-corrected chi connectivity index (χ2v) is 4.15. The third-order valence-corrected chi connectivity index (χ3v) is 2.67. The molecule has 0 heterocycles. The Labute approximate surface area is 101 Å². The molecule has 0 amide bonds. The number of para-hydroxylation sites is 1. The van der Waals surface area contributed by atoms with Gasteiger partial charge in [0, 0.05) is 0 Å². The van der Waals surface area contributed by atoms with E-state index in [1.54, 1.807) is 0 Å². The Morgan fingerprint density at radius 1 is 1.00 bits per heavy atom. The van der Waals surface area contributed by atoms with E-state index in [4.69, 9.17) is 12.6 Å². The van der Waals surface area contributed by atoms with Gasteiger partial charge < -0.3 is 4.74 Å². The molecule has 0 N–H and O–H groups in total. The molecular weight excluding hydrogens is 195 g/mol. The summed E-state index contributed by atoms with van der Waals surface area (Å²) >= 11 is 0. The van der Waals surface area contributed by atoms with Crippen molar-refractivity contribution in [2.24, 2.45) is 0 Å². The van der Waals surface area contributed by atoms with Gasteiger partial charge >= 0.3 is 0 Å². The van der Waals surface area contributed by atoms with E-state index in [2.05, 4.69) is 6.92 Å². The van der Waals surface area contributed by atoms with E-state index in [9.17, 15) is 0 Å². The fourth-order valence-corrected chi connectivity index (χ4v) is 1.68. The van der Waals surface area contributed by atoms with Crippen molar-refractivity contribution in [2.75, 3.05) is 6.61 Å². The van der Waals surface area contributed by atoms with Crippen molar-refractivity contribution < 1.29 is 4.74 Å². The molecular formula is C14H21BO. The summed E-state index contributed by atoms with van der Waals surface area (Å²) in [5, 5.41) is 0. The topological polar surface area (TPSA) is 9.23 Å². The quantitative estimate of drug-likeness (QED) is 0.478. The first-order valence-electron chi connectivity index (χ1n) is 6.32. The fourth-order valence-electron chi connectivity index (χ4n) is 1.68. The summed E-state index contributed by atoms with van der Waals surface area (Å²) in [6, 6.07) is 7.67. The normalized spacial score (nSPS) is 10.3. The molecule has 0 spiro atoms. The van der Waals surface area contributed by atoms with Gasteiger partial charge in [-0.05, 0) is 12.5 Å². The summed E-state index contributed by atoms with van der Waals surface area (Å²) in [5.41, 5.74) is 0.730. The first kappa shape index (κ1) is 13.2. The minimum absolute atomic E-state index is 0.730. The number of benzene rings is 1. The first-order chi connectivity index (χ1) is 7.84. The van der Waals surface area contributed by atoms with E-state index in [1.165, 1.54) is 32.1 Å². The van der Waals surface area contributed by atoms with Crippen LogP contribution in [0, 0.1) is 0 Å². The van der Waals surface area contributed by atoms with E-state index >= 15 is 0 Å². The Kier molecular flexibility index (Phi) is 6.79. The lowest BCUT2D eigenvalue weighted by atomic mass is 9.95. The number of unbranched alkanes of at least 4 members (excludes halogenated alkanes) is 5. The highest BCUT2D eigenvalue weighted by Crippen LogP contribution is 2.08. The van der Waals surface area contributed by atoms with Crippen LogP contribution in [-0.4, -0.2) is 14.5 Å². The molecule has 86 valence electrons. The van der Waals surface area contributed by atoms with Crippen LogP contribution in [0.25, 0.3) is 0 Å². The Morgan fingerprint density at radius 2 is 1.69 bits per heavy atom. The lowest BCUT2D eigenvalue weighted by Crippen LogP contribution is -2.09. The van der Waals surface area contributed by atoms with Crippen LogP contribution >= 0.6 is 0 Å². The third kappa shape index (κ3) is 5.25. The van der Waals surface area contributed by atoms with Gasteiger partial charge in [-0.25, -0.2) is 0 Å². The molecule has 1 aromatic rings. The average molecular weight is 216 g/mol. The van der Waals surface area contributed by atoms with Gasteiger partial charge in [0.2, 0.25) is 0 Å². The third-order valence-electron chi connectivity index (χ3n) is 2.67. The highest BCUT2D eigenvalue weighted by molar-refractivity contribution is 6.34. The van der Waals surface area contributed by atoms with Crippen molar-refractivity contribution in [3.63, 3.8) is 0 Å². The first-order valence-corrected chi connectivity index (χ1v) is 6.32. The molecule has 1 rings (SSSR count). The fraction of sp³-hybridized carbons (Fsp3) is 0.571. The maximum atomic E-state index is 5.78. The highest BCUT2D eigenvalue weighted by atomic mass is 16.5. The van der Waals surface area contributed by atoms with Crippen LogP contribution in [0.1, 0.15) is 45.4 Å². The summed E-state index contributed by atoms with van der Waals surface area (Å²) in [6.45, 7) is 3.02. The molecule has 2 heteroatoms. The van der Waals surface area contributed by atoms with Gasteiger partial charge in [-0.3, -0.25) is 0 Å².